The molecule has 2 aromatic carbocycles. The highest BCUT2D eigenvalue weighted by molar-refractivity contribution is 6.30. The fourth-order valence-corrected chi connectivity index (χ4v) is 2.38. The van der Waals surface area contributed by atoms with Gasteiger partial charge in [-0.2, -0.15) is 0 Å². The number of hydrogen-bond donors (Lipinski definition) is 0. The first-order chi connectivity index (χ1) is 11.8. The molecule has 25 heavy (non-hydrogen) atoms. The normalized spacial score (nSPS) is 11.5. The second-order valence-electron chi connectivity index (χ2n) is 6.73. The molecule has 128 valence electrons. The molecule has 0 radical (unpaired) electrons. The van der Waals surface area contributed by atoms with E-state index in [0.717, 1.165) is 0 Å². The van der Waals surface area contributed by atoms with Crippen molar-refractivity contribution in [2.45, 2.75) is 20.8 Å². The maximum absolute atomic E-state index is 12.9. The number of hydrogen-bond acceptors (Lipinski definition) is 4. The standard InChI is InChI=1S/C20H17ClO4/c1-20(2,3)19(23)25-18-16(22)14-6-4-5-7-15(14)24-17(18)12-8-10-13(21)11-9-12/h4-11H,1-3H3. The van der Waals surface area contributed by atoms with Crippen LogP contribution >= 0.6 is 11.6 Å². The Labute approximate surface area is 150 Å². The largest absolute Gasteiger partial charge is 0.452 e. The lowest BCUT2D eigenvalue weighted by atomic mass is 9.97. The van der Waals surface area contributed by atoms with Crippen LogP contribution in [0.1, 0.15) is 20.8 Å². The van der Waals surface area contributed by atoms with Crippen molar-refractivity contribution >= 4 is 28.5 Å². The van der Waals surface area contributed by atoms with Crippen LogP contribution in [0.25, 0.3) is 22.3 Å². The molecule has 0 atom stereocenters. The molecule has 0 spiro atoms. The zero-order valence-electron chi connectivity index (χ0n) is 14.1. The number of fused-ring (bicyclic) bond motifs is 1. The Morgan fingerprint density at radius 1 is 1.04 bits per heavy atom. The van der Waals surface area contributed by atoms with E-state index in [1.807, 2.05) is 0 Å². The van der Waals surface area contributed by atoms with Crippen LogP contribution in [0.4, 0.5) is 0 Å². The minimum absolute atomic E-state index is 0.110. The second kappa shape index (κ2) is 6.37. The summed E-state index contributed by atoms with van der Waals surface area (Å²) >= 11 is 5.93. The minimum atomic E-state index is -0.755. The van der Waals surface area contributed by atoms with E-state index < -0.39 is 11.4 Å². The molecule has 5 heteroatoms. The Hall–Kier alpha value is -2.59. The molecular weight excluding hydrogens is 340 g/mol. The summed E-state index contributed by atoms with van der Waals surface area (Å²) in [6.45, 7) is 5.17. The molecule has 0 saturated heterocycles. The van der Waals surface area contributed by atoms with Gasteiger partial charge >= 0.3 is 5.97 Å². The van der Waals surface area contributed by atoms with Gasteiger partial charge in [0.2, 0.25) is 11.2 Å². The number of ether oxygens (including phenoxy) is 1. The number of esters is 1. The van der Waals surface area contributed by atoms with Gasteiger partial charge in [-0.1, -0.05) is 23.7 Å². The minimum Gasteiger partial charge on any atom is -0.452 e. The summed E-state index contributed by atoms with van der Waals surface area (Å²) in [5, 5.41) is 0.914. The topological polar surface area (TPSA) is 56.5 Å². The van der Waals surface area contributed by atoms with Crippen molar-refractivity contribution < 1.29 is 13.9 Å². The van der Waals surface area contributed by atoms with Crippen LogP contribution in [0.15, 0.2) is 57.7 Å². The molecule has 3 aromatic rings. The van der Waals surface area contributed by atoms with Crippen LogP contribution in [-0.4, -0.2) is 5.97 Å². The summed E-state index contributed by atoms with van der Waals surface area (Å²) < 4.78 is 11.3. The van der Waals surface area contributed by atoms with Crippen LogP contribution in [0.5, 0.6) is 5.75 Å². The fourth-order valence-electron chi connectivity index (χ4n) is 2.25. The van der Waals surface area contributed by atoms with Crippen molar-refractivity contribution in [3.05, 3.63) is 63.8 Å². The van der Waals surface area contributed by atoms with Gasteiger partial charge in [-0.15, -0.1) is 0 Å². The summed E-state index contributed by atoms with van der Waals surface area (Å²) in [5.41, 5.74) is -0.114. The van der Waals surface area contributed by atoms with E-state index in [-0.39, 0.29) is 16.9 Å². The third kappa shape index (κ3) is 3.44. The van der Waals surface area contributed by atoms with Crippen LogP contribution < -0.4 is 10.2 Å². The first kappa shape index (κ1) is 17.2. The average Bonchev–Trinajstić information content (AvgIpc) is 2.57. The number of para-hydroxylation sites is 1. The molecule has 0 fully saturated rings. The van der Waals surface area contributed by atoms with Crippen LogP contribution in [0.3, 0.4) is 0 Å². The van der Waals surface area contributed by atoms with E-state index >= 15 is 0 Å². The van der Waals surface area contributed by atoms with Crippen molar-refractivity contribution in [1.29, 1.82) is 0 Å². The summed E-state index contributed by atoms with van der Waals surface area (Å²) in [6, 6.07) is 13.6. The predicted molar refractivity (Wildman–Crippen MR) is 98.0 cm³/mol. The number of benzene rings is 2. The molecule has 0 bridgehead atoms. The third-order valence-corrected chi connectivity index (χ3v) is 3.92. The molecule has 0 unspecified atom stereocenters. The summed E-state index contributed by atoms with van der Waals surface area (Å²) in [7, 11) is 0. The molecule has 1 aromatic heterocycles. The van der Waals surface area contributed by atoms with E-state index in [9.17, 15) is 9.59 Å². The molecule has 4 nitrogen and oxygen atoms in total. The first-order valence-corrected chi connectivity index (χ1v) is 8.19. The monoisotopic (exact) mass is 356 g/mol. The van der Waals surface area contributed by atoms with E-state index in [1.165, 1.54) is 0 Å². The number of carbonyl (C=O) groups excluding carboxylic acids is 1. The Balaban J connectivity index is 2.26. The average molecular weight is 357 g/mol. The molecule has 0 saturated carbocycles. The maximum atomic E-state index is 12.9. The summed E-state index contributed by atoms with van der Waals surface area (Å²) in [5.74, 6) is -0.413. The number of halogens is 1. The number of rotatable bonds is 2. The van der Waals surface area contributed by atoms with Gasteiger partial charge in [-0.3, -0.25) is 9.59 Å². The maximum Gasteiger partial charge on any atom is 0.316 e. The predicted octanol–water partition coefficient (Wildman–Crippen LogP) is 5.06. The fraction of sp³-hybridized carbons (Fsp3) is 0.200. The van der Waals surface area contributed by atoms with E-state index in [0.29, 0.717) is 21.6 Å². The molecule has 3 rings (SSSR count). The third-order valence-electron chi connectivity index (χ3n) is 3.67. The van der Waals surface area contributed by atoms with E-state index in [2.05, 4.69) is 0 Å². The van der Waals surface area contributed by atoms with E-state index in [4.69, 9.17) is 20.8 Å². The smallest absolute Gasteiger partial charge is 0.316 e. The van der Waals surface area contributed by atoms with Gasteiger partial charge in [0.25, 0.3) is 0 Å². The Bertz CT molecular complexity index is 995. The molecule has 0 aliphatic carbocycles. The number of carbonyl (C=O) groups is 1. The Kier molecular flexibility index (Phi) is 4.39. The summed E-state index contributed by atoms with van der Waals surface area (Å²) in [4.78, 5) is 25.2. The van der Waals surface area contributed by atoms with Gasteiger partial charge in [0.15, 0.2) is 5.76 Å². The highest BCUT2D eigenvalue weighted by Crippen LogP contribution is 2.32. The molecule has 0 amide bonds. The highest BCUT2D eigenvalue weighted by Gasteiger charge is 2.27. The van der Waals surface area contributed by atoms with Crippen LogP contribution in [-0.2, 0) is 4.79 Å². The van der Waals surface area contributed by atoms with Crippen molar-refractivity contribution in [1.82, 2.24) is 0 Å². The van der Waals surface area contributed by atoms with Gasteiger partial charge in [0, 0.05) is 10.6 Å². The lowest BCUT2D eigenvalue weighted by Crippen LogP contribution is -2.28. The zero-order valence-corrected chi connectivity index (χ0v) is 14.9. The summed E-state index contributed by atoms with van der Waals surface area (Å²) in [6.07, 6.45) is 0. The molecule has 0 aliphatic rings. The van der Waals surface area contributed by atoms with Crippen molar-refractivity contribution in [3.63, 3.8) is 0 Å². The second-order valence-corrected chi connectivity index (χ2v) is 7.17. The van der Waals surface area contributed by atoms with Gasteiger partial charge in [0.05, 0.1) is 10.8 Å². The van der Waals surface area contributed by atoms with Crippen LogP contribution in [0.2, 0.25) is 5.02 Å². The highest BCUT2D eigenvalue weighted by atomic mass is 35.5. The zero-order chi connectivity index (χ0) is 18.2. The van der Waals surface area contributed by atoms with Crippen molar-refractivity contribution in [3.8, 4) is 17.1 Å². The Morgan fingerprint density at radius 3 is 2.32 bits per heavy atom. The van der Waals surface area contributed by atoms with Gasteiger partial charge < -0.3 is 9.15 Å². The lowest BCUT2D eigenvalue weighted by Gasteiger charge is -2.17. The molecule has 0 N–H and O–H groups in total. The Morgan fingerprint density at radius 2 is 1.68 bits per heavy atom. The molecular formula is C20H17ClO4. The molecule has 1 heterocycles. The SMILES string of the molecule is CC(C)(C)C(=O)Oc1c(-c2ccc(Cl)cc2)oc2ccccc2c1=O. The lowest BCUT2D eigenvalue weighted by molar-refractivity contribution is -0.143. The van der Waals surface area contributed by atoms with Gasteiger partial charge in [0.1, 0.15) is 5.58 Å². The van der Waals surface area contributed by atoms with Crippen molar-refractivity contribution in [2.75, 3.05) is 0 Å². The van der Waals surface area contributed by atoms with Crippen molar-refractivity contribution in [2.24, 2.45) is 5.41 Å². The first-order valence-electron chi connectivity index (χ1n) is 7.81. The van der Waals surface area contributed by atoms with Gasteiger partial charge in [-0.05, 0) is 57.2 Å². The van der Waals surface area contributed by atoms with Gasteiger partial charge in [-0.25, -0.2) is 0 Å². The van der Waals surface area contributed by atoms with E-state index in [1.54, 1.807) is 69.3 Å². The molecule has 0 aliphatic heterocycles. The quantitative estimate of drug-likeness (QED) is 0.602. The van der Waals surface area contributed by atoms with Crippen LogP contribution in [0, 0.1) is 5.41 Å².